The van der Waals surface area contributed by atoms with E-state index in [-0.39, 0.29) is 18.0 Å². The predicted octanol–water partition coefficient (Wildman–Crippen LogP) is 2.85. The van der Waals surface area contributed by atoms with Crippen LogP contribution in [0.2, 0.25) is 0 Å². The number of ether oxygens (including phenoxy) is 2. The number of benzene rings is 1. The largest absolute Gasteiger partial charge is 0.496 e. The summed E-state index contributed by atoms with van der Waals surface area (Å²) in [5.74, 6) is -0.429. The average Bonchev–Trinajstić information content (AvgIpc) is 2.52. The summed E-state index contributed by atoms with van der Waals surface area (Å²) in [6, 6.07) is 3.74. The standard InChI is InChI=1S/C18H25FN2O4/c1-18(2,3)25-17(23)21(14-8-6-10-20-16(14)22)11-12-13(19)7-5-9-15(12)24-4/h5,7,9,14H,6,8,10-11H2,1-4H3,(H,20,22). The van der Waals surface area contributed by atoms with Gasteiger partial charge in [0.05, 0.1) is 13.7 Å². The van der Waals surface area contributed by atoms with Crippen molar-refractivity contribution in [2.24, 2.45) is 0 Å². The number of nitrogens with one attached hydrogen (secondary N) is 1. The van der Waals surface area contributed by atoms with Crippen molar-refractivity contribution in [3.05, 3.63) is 29.6 Å². The Balaban J connectivity index is 2.34. The van der Waals surface area contributed by atoms with Crippen molar-refractivity contribution in [3.8, 4) is 5.75 Å². The maximum atomic E-state index is 14.3. The molecule has 1 aliphatic rings. The van der Waals surface area contributed by atoms with E-state index < -0.39 is 23.6 Å². The molecule has 1 heterocycles. The van der Waals surface area contributed by atoms with Gasteiger partial charge in [-0.2, -0.15) is 0 Å². The number of piperidine rings is 1. The summed E-state index contributed by atoms with van der Waals surface area (Å²) < 4.78 is 24.9. The Morgan fingerprint density at radius 2 is 2.12 bits per heavy atom. The number of hydrogen-bond donors (Lipinski definition) is 1. The van der Waals surface area contributed by atoms with Gasteiger partial charge in [0, 0.05) is 12.1 Å². The molecule has 1 atom stereocenters. The molecular formula is C18H25FN2O4. The molecule has 0 aromatic heterocycles. The highest BCUT2D eigenvalue weighted by Crippen LogP contribution is 2.26. The number of halogens is 1. The summed E-state index contributed by atoms with van der Waals surface area (Å²) in [5.41, 5.74) is -0.506. The molecule has 1 unspecified atom stereocenters. The molecule has 2 rings (SSSR count). The summed E-state index contributed by atoms with van der Waals surface area (Å²) in [5, 5.41) is 2.75. The molecule has 1 aliphatic heterocycles. The third-order valence-corrected chi connectivity index (χ3v) is 3.88. The first kappa shape index (κ1) is 19.0. The molecule has 0 radical (unpaired) electrons. The van der Waals surface area contributed by atoms with Crippen LogP contribution in [0, 0.1) is 5.82 Å². The van der Waals surface area contributed by atoms with Gasteiger partial charge >= 0.3 is 6.09 Å². The highest BCUT2D eigenvalue weighted by Gasteiger charge is 2.35. The van der Waals surface area contributed by atoms with Crippen molar-refractivity contribution in [1.82, 2.24) is 10.2 Å². The van der Waals surface area contributed by atoms with E-state index in [9.17, 15) is 14.0 Å². The second-order valence-corrected chi connectivity index (χ2v) is 6.98. The first-order chi connectivity index (χ1) is 11.7. The Hall–Kier alpha value is -2.31. The van der Waals surface area contributed by atoms with Gasteiger partial charge in [0.2, 0.25) is 5.91 Å². The summed E-state index contributed by atoms with van der Waals surface area (Å²) in [4.78, 5) is 26.2. The van der Waals surface area contributed by atoms with Crippen molar-refractivity contribution >= 4 is 12.0 Å². The quantitative estimate of drug-likeness (QED) is 0.905. The van der Waals surface area contributed by atoms with Gasteiger partial charge in [-0.25, -0.2) is 9.18 Å². The lowest BCUT2D eigenvalue weighted by Gasteiger charge is -2.35. The number of rotatable bonds is 4. The second kappa shape index (κ2) is 7.72. The summed E-state index contributed by atoms with van der Waals surface area (Å²) in [6.45, 7) is 5.69. The fraction of sp³-hybridized carbons (Fsp3) is 0.556. The zero-order chi connectivity index (χ0) is 18.6. The maximum absolute atomic E-state index is 14.3. The highest BCUT2D eigenvalue weighted by molar-refractivity contribution is 5.86. The number of carbonyl (C=O) groups excluding carboxylic acids is 2. The molecule has 138 valence electrons. The van der Waals surface area contributed by atoms with Crippen LogP contribution in [-0.2, 0) is 16.1 Å². The minimum atomic E-state index is -0.722. The molecule has 25 heavy (non-hydrogen) atoms. The summed E-state index contributed by atoms with van der Waals surface area (Å²) >= 11 is 0. The first-order valence-corrected chi connectivity index (χ1v) is 8.31. The van der Waals surface area contributed by atoms with E-state index >= 15 is 0 Å². The van der Waals surface area contributed by atoms with Crippen molar-refractivity contribution in [2.45, 2.75) is 51.8 Å². The molecule has 1 saturated heterocycles. The van der Waals surface area contributed by atoms with E-state index in [4.69, 9.17) is 9.47 Å². The number of nitrogens with zero attached hydrogens (tertiary/aromatic N) is 1. The lowest BCUT2D eigenvalue weighted by atomic mass is 10.0. The molecule has 0 saturated carbocycles. The van der Waals surface area contributed by atoms with E-state index in [1.54, 1.807) is 26.8 Å². The SMILES string of the molecule is COc1cccc(F)c1CN(C(=O)OC(C)(C)C)C1CCCNC1=O. The average molecular weight is 352 g/mol. The normalized spacial score (nSPS) is 17.6. The van der Waals surface area contributed by atoms with E-state index in [2.05, 4.69) is 5.32 Å². The topological polar surface area (TPSA) is 67.9 Å². The first-order valence-electron chi connectivity index (χ1n) is 8.31. The third kappa shape index (κ3) is 4.84. The third-order valence-electron chi connectivity index (χ3n) is 3.88. The molecule has 1 fully saturated rings. The second-order valence-electron chi connectivity index (χ2n) is 6.98. The Labute approximate surface area is 147 Å². The lowest BCUT2D eigenvalue weighted by Crippen LogP contribution is -2.53. The number of amides is 2. The van der Waals surface area contributed by atoms with Gasteiger partial charge in [-0.3, -0.25) is 9.69 Å². The van der Waals surface area contributed by atoms with Crippen molar-refractivity contribution in [3.63, 3.8) is 0 Å². The minimum Gasteiger partial charge on any atom is -0.496 e. The molecule has 0 bridgehead atoms. The predicted molar refractivity (Wildman–Crippen MR) is 90.8 cm³/mol. The van der Waals surface area contributed by atoms with Crippen LogP contribution in [0.4, 0.5) is 9.18 Å². The van der Waals surface area contributed by atoms with Crippen molar-refractivity contribution in [2.75, 3.05) is 13.7 Å². The Morgan fingerprint density at radius 1 is 1.40 bits per heavy atom. The van der Waals surface area contributed by atoms with Crippen LogP contribution in [0.5, 0.6) is 5.75 Å². The van der Waals surface area contributed by atoms with E-state index in [1.807, 2.05) is 0 Å². The molecule has 1 aromatic carbocycles. The smallest absolute Gasteiger partial charge is 0.411 e. The van der Waals surface area contributed by atoms with Gasteiger partial charge in [-0.05, 0) is 45.7 Å². The highest BCUT2D eigenvalue weighted by atomic mass is 19.1. The zero-order valence-corrected chi connectivity index (χ0v) is 15.1. The molecule has 7 heteroatoms. The zero-order valence-electron chi connectivity index (χ0n) is 15.1. The molecule has 0 aliphatic carbocycles. The summed E-state index contributed by atoms with van der Waals surface area (Å²) in [7, 11) is 1.43. The van der Waals surface area contributed by atoms with Crippen LogP contribution in [0.3, 0.4) is 0 Å². The number of methoxy groups -OCH3 is 1. The lowest BCUT2D eigenvalue weighted by molar-refractivity contribution is -0.128. The molecule has 1 aromatic rings. The van der Waals surface area contributed by atoms with Gasteiger partial charge in [0.1, 0.15) is 23.2 Å². The fourth-order valence-corrected chi connectivity index (χ4v) is 2.73. The van der Waals surface area contributed by atoms with Gasteiger partial charge < -0.3 is 14.8 Å². The minimum absolute atomic E-state index is 0.108. The Kier molecular flexibility index (Phi) is 5.87. The van der Waals surface area contributed by atoms with Crippen LogP contribution in [-0.4, -0.2) is 42.2 Å². The monoisotopic (exact) mass is 352 g/mol. The summed E-state index contributed by atoms with van der Waals surface area (Å²) in [6.07, 6.45) is 0.589. The van der Waals surface area contributed by atoms with Crippen LogP contribution in [0.25, 0.3) is 0 Å². The Morgan fingerprint density at radius 3 is 2.72 bits per heavy atom. The maximum Gasteiger partial charge on any atom is 0.411 e. The Bertz CT molecular complexity index is 642. The van der Waals surface area contributed by atoms with Gasteiger partial charge in [0.25, 0.3) is 0 Å². The number of hydrogen-bond acceptors (Lipinski definition) is 4. The van der Waals surface area contributed by atoms with Crippen molar-refractivity contribution in [1.29, 1.82) is 0 Å². The fourth-order valence-electron chi connectivity index (χ4n) is 2.73. The molecule has 6 nitrogen and oxygen atoms in total. The van der Waals surface area contributed by atoms with Gasteiger partial charge in [0.15, 0.2) is 0 Å². The van der Waals surface area contributed by atoms with Gasteiger partial charge in [-0.15, -0.1) is 0 Å². The molecule has 0 spiro atoms. The van der Waals surface area contributed by atoms with Crippen molar-refractivity contribution < 1.29 is 23.5 Å². The van der Waals surface area contributed by atoms with Crippen LogP contribution in [0.1, 0.15) is 39.2 Å². The van der Waals surface area contributed by atoms with E-state index in [0.717, 1.165) is 6.42 Å². The molecule has 1 N–H and O–H groups in total. The van der Waals surface area contributed by atoms with Gasteiger partial charge in [-0.1, -0.05) is 6.07 Å². The number of carbonyl (C=O) groups is 2. The molecule has 2 amide bonds. The van der Waals surface area contributed by atoms with Crippen LogP contribution < -0.4 is 10.1 Å². The van der Waals surface area contributed by atoms with E-state index in [0.29, 0.717) is 18.7 Å². The molecular weight excluding hydrogens is 327 g/mol. The van der Waals surface area contributed by atoms with Crippen LogP contribution >= 0.6 is 0 Å². The van der Waals surface area contributed by atoms with Crippen LogP contribution in [0.15, 0.2) is 18.2 Å². The van der Waals surface area contributed by atoms with E-state index in [1.165, 1.54) is 24.1 Å².